The molecule has 0 aliphatic heterocycles. The number of Topliss-reactive ketones (excluding diaryl/α,β-unsaturated/α-hetero) is 1. The Morgan fingerprint density at radius 1 is 1.05 bits per heavy atom. The molecule has 0 spiro atoms. The van der Waals surface area contributed by atoms with Crippen molar-refractivity contribution in [2.75, 3.05) is 0 Å². The first-order valence-corrected chi connectivity index (χ1v) is 8.67. The molecule has 0 bridgehead atoms. The topological polar surface area (TPSA) is 58.2 Å². The molecule has 2 N–H and O–H groups in total. The summed E-state index contributed by atoms with van der Waals surface area (Å²) in [6, 6.07) is -0.372. The Kier molecular flexibility index (Phi) is 6.60. The molecule has 0 heterocycles. The molecule has 1 fully saturated rings. The monoisotopic (exact) mass is 310 g/mol. The second-order valence-electron chi connectivity index (χ2n) is 8.16. The molecule has 0 aromatic rings. The van der Waals surface area contributed by atoms with Crippen LogP contribution < -0.4 is 10.6 Å². The minimum Gasteiger partial charge on any atom is -0.345 e. The van der Waals surface area contributed by atoms with Gasteiger partial charge in [0.1, 0.15) is 0 Å². The van der Waals surface area contributed by atoms with E-state index >= 15 is 0 Å². The third-order valence-corrected chi connectivity index (χ3v) is 4.40. The maximum Gasteiger partial charge on any atom is 0.237 e. The van der Waals surface area contributed by atoms with Crippen molar-refractivity contribution in [1.82, 2.24) is 10.6 Å². The fraction of sp³-hybridized carbons (Fsp3) is 0.889. The molecular formula is C18H34N2O2. The Balaban J connectivity index is 2.78. The van der Waals surface area contributed by atoms with Gasteiger partial charge in [-0.3, -0.25) is 9.59 Å². The van der Waals surface area contributed by atoms with Gasteiger partial charge in [-0.1, -0.05) is 48.5 Å². The molecule has 0 aromatic carbocycles. The van der Waals surface area contributed by atoms with Gasteiger partial charge in [0.15, 0.2) is 5.78 Å². The minimum atomic E-state index is -0.352. The van der Waals surface area contributed by atoms with E-state index in [4.69, 9.17) is 0 Å². The Hall–Kier alpha value is -0.900. The van der Waals surface area contributed by atoms with E-state index in [-0.39, 0.29) is 41.1 Å². The van der Waals surface area contributed by atoms with E-state index in [1.165, 1.54) is 0 Å². The zero-order valence-corrected chi connectivity index (χ0v) is 15.3. The molecule has 1 amide bonds. The van der Waals surface area contributed by atoms with E-state index < -0.39 is 0 Å². The lowest BCUT2D eigenvalue weighted by Gasteiger charge is -2.28. The van der Waals surface area contributed by atoms with Gasteiger partial charge >= 0.3 is 0 Å². The van der Waals surface area contributed by atoms with Crippen LogP contribution in [0.2, 0.25) is 0 Å². The average Bonchev–Trinajstić information content (AvgIpc) is 3.12. The van der Waals surface area contributed by atoms with Crippen LogP contribution >= 0.6 is 0 Å². The summed E-state index contributed by atoms with van der Waals surface area (Å²) in [4.78, 5) is 25.3. The van der Waals surface area contributed by atoms with Crippen LogP contribution in [0.25, 0.3) is 0 Å². The normalized spacial score (nSPS) is 19.4. The van der Waals surface area contributed by atoms with Crippen LogP contribution in [0.3, 0.4) is 0 Å². The second kappa shape index (κ2) is 7.58. The molecule has 1 aliphatic rings. The number of carbonyl (C=O) groups is 2. The summed E-state index contributed by atoms with van der Waals surface area (Å²) >= 11 is 0. The van der Waals surface area contributed by atoms with Crippen molar-refractivity contribution in [2.24, 2.45) is 17.3 Å². The van der Waals surface area contributed by atoms with Crippen molar-refractivity contribution in [2.45, 2.75) is 85.9 Å². The maximum absolute atomic E-state index is 12.7. The van der Waals surface area contributed by atoms with Crippen LogP contribution in [0.4, 0.5) is 0 Å². The Labute approximate surface area is 135 Å². The van der Waals surface area contributed by atoms with Gasteiger partial charge in [0.2, 0.25) is 5.91 Å². The Bertz CT molecular complexity index is 398. The predicted octanol–water partition coefficient (Wildman–Crippen LogP) is 2.91. The molecule has 0 radical (unpaired) electrons. The van der Waals surface area contributed by atoms with E-state index in [0.29, 0.717) is 12.3 Å². The molecular weight excluding hydrogens is 276 g/mol. The van der Waals surface area contributed by atoms with E-state index in [1.54, 1.807) is 0 Å². The van der Waals surface area contributed by atoms with Crippen molar-refractivity contribution in [3.63, 3.8) is 0 Å². The van der Waals surface area contributed by atoms with E-state index in [1.807, 2.05) is 34.6 Å². The molecule has 0 saturated heterocycles. The number of hydrogen-bond donors (Lipinski definition) is 2. The van der Waals surface area contributed by atoms with Crippen molar-refractivity contribution >= 4 is 11.7 Å². The Morgan fingerprint density at radius 2 is 1.59 bits per heavy atom. The lowest BCUT2D eigenvalue weighted by Crippen LogP contribution is -2.54. The van der Waals surface area contributed by atoms with Crippen LogP contribution in [0.1, 0.15) is 67.7 Å². The number of ketones is 1. The van der Waals surface area contributed by atoms with E-state index in [0.717, 1.165) is 12.8 Å². The third kappa shape index (κ3) is 5.38. The van der Waals surface area contributed by atoms with Crippen molar-refractivity contribution in [3.8, 4) is 0 Å². The standard InChI is InChI=1S/C18H34N2O2/c1-11(2)10-14(16(21)18(7)8-9-18)20-17(22)15(12(3)4)19-13(5)6/h11-15,19H,8-10H2,1-7H3,(H,20,22)/t14-,15-/m0/s1. The second-order valence-corrected chi connectivity index (χ2v) is 8.16. The fourth-order valence-electron chi connectivity index (χ4n) is 2.75. The summed E-state index contributed by atoms with van der Waals surface area (Å²) in [5, 5.41) is 6.34. The van der Waals surface area contributed by atoms with Gasteiger partial charge in [-0.2, -0.15) is 0 Å². The molecule has 0 aromatic heterocycles. The summed E-state index contributed by atoms with van der Waals surface area (Å²) in [5.74, 6) is 0.731. The van der Waals surface area contributed by atoms with Crippen molar-refractivity contribution in [1.29, 1.82) is 0 Å². The quantitative estimate of drug-likeness (QED) is 0.688. The predicted molar refractivity (Wildman–Crippen MR) is 90.6 cm³/mol. The summed E-state index contributed by atoms with van der Waals surface area (Å²) in [6.07, 6.45) is 2.62. The molecule has 4 nitrogen and oxygen atoms in total. The first-order chi connectivity index (χ1) is 10.1. The fourth-order valence-corrected chi connectivity index (χ4v) is 2.75. The van der Waals surface area contributed by atoms with Crippen molar-refractivity contribution < 1.29 is 9.59 Å². The summed E-state index contributed by atoms with van der Waals surface area (Å²) < 4.78 is 0. The number of hydrogen-bond acceptors (Lipinski definition) is 3. The highest BCUT2D eigenvalue weighted by molar-refractivity contribution is 5.95. The van der Waals surface area contributed by atoms with Gasteiger partial charge in [-0.25, -0.2) is 0 Å². The first-order valence-electron chi connectivity index (χ1n) is 8.67. The van der Waals surface area contributed by atoms with Crippen molar-refractivity contribution in [3.05, 3.63) is 0 Å². The van der Waals surface area contributed by atoms with Crippen LogP contribution in [0.15, 0.2) is 0 Å². The molecule has 1 saturated carbocycles. The number of nitrogens with one attached hydrogen (secondary N) is 2. The highest BCUT2D eigenvalue weighted by atomic mass is 16.2. The van der Waals surface area contributed by atoms with Gasteiger partial charge in [0.05, 0.1) is 12.1 Å². The minimum absolute atomic E-state index is 0.0491. The average molecular weight is 310 g/mol. The molecule has 1 rings (SSSR count). The van der Waals surface area contributed by atoms with Crippen LogP contribution in [-0.2, 0) is 9.59 Å². The smallest absolute Gasteiger partial charge is 0.237 e. The van der Waals surface area contributed by atoms with Gasteiger partial charge in [-0.05, 0) is 31.1 Å². The third-order valence-electron chi connectivity index (χ3n) is 4.40. The number of rotatable bonds is 9. The highest BCUT2D eigenvalue weighted by Gasteiger charge is 2.48. The van der Waals surface area contributed by atoms with Gasteiger partial charge < -0.3 is 10.6 Å². The van der Waals surface area contributed by atoms with Crippen LogP contribution in [-0.4, -0.2) is 29.8 Å². The molecule has 4 heteroatoms. The molecule has 0 unspecified atom stereocenters. The maximum atomic E-state index is 12.7. The number of carbonyl (C=O) groups excluding carboxylic acids is 2. The zero-order valence-electron chi connectivity index (χ0n) is 15.3. The molecule has 128 valence electrons. The largest absolute Gasteiger partial charge is 0.345 e. The van der Waals surface area contributed by atoms with E-state index in [9.17, 15) is 9.59 Å². The van der Waals surface area contributed by atoms with Crippen LogP contribution in [0, 0.1) is 17.3 Å². The van der Waals surface area contributed by atoms with Gasteiger partial charge in [0.25, 0.3) is 0 Å². The highest BCUT2D eigenvalue weighted by Crippen LogP contribution is 2.47. The van der Waals surface area contributed by atoms with Gasteiger partial charge in [-0.15, -0.1) is 0 Å². The lowest BCUT2D eigenvalue weighted by molar-refractivity contribution is -0.132. The zero-order chi connectivity index (χ0) is 17.1. The first kappa shape index (κ1) is 19.1. The summed E-state index contributed by atoms with van der Waals surface area (Å²) in [7, 11) is 0. The SMILES string of the molecule is CC(C)C[C@H](NC(=O)[C@@H](NC(C)C)C(C)C)C(=O)C1(C)CC1. The number of amides is 1. The van der Waals surface area contributed by atoms with Gasteiger partial charge in [0, 0.05) is 11.5 Å². The molecule has 1 aliphatic carbocycles. The van der Waals surface area contributed by atoms with E-state index in [2.05, 4.69) is 24.5 Å². The summed E-state index contributed by atoms with van der Waals surface area (Å²) in [6.45, 7) is 14.3. The Morgan fingerprint density at radius 3 is 1.95 bits per heavy atom. The summed E-state index contributed by atoms with van der Waals surface area (Å²) in [5.41, 5.74) is -0.203. The lowest BCUT2D eigenvalue weighted by atomic mass is 9.90. The molecule has 2 atom stereocenters. The van der Waals surface area contributed by atoms with Crippen LogP contribution in [0.5, 0.6) is 0 Å². The molecule has 22 heavy (non-hydrogen) atoms.